The summed E-state index contributed by atoms with van der Waals surface area (Å²) in [5, 5.41) is 3.39. The predicted molar refractivity (Wildman–Crippen MR) is 73.8 cm³/mol. The van der Waals surface area contributed by atoms with Crippen LogP contribution in [-0.2, 0) is 11.3 Å². The van der Waals surface area contributed by atoms with Gasteiger partial charge in [0.1, 0.15) is 11.5 Å². The number of amides is 1. The normalized spacial score (nSPS) is 20.5. The van der Waals surface area contributed by atoms with Crippen LogP contribution in [-0.4, -0.2) is 55.5 Å². The van der Waals surface area contributed by atoms with Gasteiger partial charge in [0.2, 0.25) is 5.91 Å². The molecule has 1 amide bonds. The zero-order chi connectivity index (χ0) is 13.8. The Morgan fingerprint density at radius 2 is 2.37 bits per heavy atom. The monoisotopic (exact) mass is 265 g/mol. The van der Waals surface area contributed by atoms with E-state index in [0.717, 1.165) is 31.2 Å². The summed E-state index contributed by atoms with van der Waals surface area (Å²) in [6.07, 6.45) is 0.542. The van der Waals surface area contributed by atoms with E-state index in [2.05, 4.69) is 17.3 Å². The molecular formula is C14H23N3O2. The molecule has 1 saturated heterocycles. The molecular weight excluding hydrogens is 242 g/mol. The highest BCUT2D eigenvalue weighted by Crippen LogP contribution is 2.10. The number of nitrogens with one attached hydrogen (secondary N) is 1. The molecule has 1 N–H and O–H groups in total. The van der Waals surface area contributed by atoms with Crippen molar-refractivity contribution in [3.63, 3.8) is 0 Å². The molecule has 0 aliphatic carbocycles. The minimum Gasteiger partial charge on any atom is -0.464 e. The van der Waals surface area contributed by atoms with Gasteiger partial charge in [-0.2, -0.15) is 0 Å². The Kier molecular flexibility index (Phi) is 4.61. The number of piperazine rings is 1. The molecule has 2 rings (SSSR count). The zero-order valence-electron chi connectivity index (χ0n) is 12.0. The van der Waals surface area contributed by atoms with Crippen LogP contribution < -0.4 is 5.32 Å². The molecule has 0 spiro atoms. The molecule has 19 heavy (non-hydrogen) atoms. The van der Waals surface area contributed by atoms with Crippen molar-refractivity contribution in [3.05, 3.63) is 23.7 Å². The molecule has 0 radical (unpaired) electrons. The fourth-order valence-corrected chi connectivity index (χ4v) is 2.39. The van der Waals surface area contributed by atoms with Crippen molar-refractivity contribution in [2.75, 3.05) is 33.7 Å². The third kappa shape index (κ3) is 4.08. The Hall–Kier alpha value is -1.33. The van der Waals surface area contributed by atoms with Crippen molar-refractivity contribution in [1.29, 1.82) is 0 Å². The summed E-state index contributed by atoms with van der Waals surface area (Å²) in [6.45, 7) is 5.38. The molecule has 1 unspecified atom stereocenters. The van der Waals surface area contributed by atoms with Crippen LogP contribution in [0, 0.1) is 6.92 Å². The first-order chi connectivity index (χ1) is 9.04. The molecule has 1 fully saturated rings. The van der Waals surface area contributed by atoms with Gasteiger partial charge in [0.15, 0.2) is 0 Å². The minimum atomic E-state index is 0.154. The first-order valence-corrected chi connectivity index (χ1v) is 6.76. The second-order valence-corrected chi connectivity index (χ2v) is 5.38. The highest BCUT2D eigenvalue weighted by atomic mass is 16.3. The Bertz CT molecular complexity index is 430. The fraction of sp³-hybridized carbons (Fsp3) is 0.643. The van der Waals surface area contributed by atoms with Crippen LogP contribution in [0.25, 0.3) is 0 Å². The summed E-state index contributed by atoms with van der Waals surface area (Å²) in [5.74, 6) is 1.87. The molecule has 1 atom stereocenters. The largest absolute Gasteiger partial charge is 0.464 e. The van der Waals surface area contributed by atoms with Gasteiger partial charge < -0.3 is 19.5 Å². The summed E-state index contributed by atoms with van der Waals surface area (Å²) in [6, 6.07) is 4.10. The van der Waals surface area contributed by atoms with E-state index in [1.165, 1.54) is 0 Å². The van der Waals surface area contributed by atoms with Crippen molar-refractivity contribution in [2.45, 2.75) is 25.9 Å². The number of nitrogens with zero attached hydrogens (tertiary/aromatic N) is 2. The Morgan fingerprint density at radius 3 is 3.00 bits per heavy atom. The quantitative estimate of drug-likeness (QED) is 0.876. The van der Waals surface area contributed by atoms with E-state index in [1.54, 1.807) is 4.90 Å². The third-order valence-electron chi connectivity index (χ3n) is 3.49. The topological polar surface area (TPSA) is 48.7 Å². The van der Waals surface area contributed by atoms with Crippen LogP contribution in [0.5, 0.6) is 0 Å². The van der Waals surface area contributed by atoms with Crippen LogP contribution in [0.1, 0.15) is 17.9 Å². The lowest BCUT2D eigenvalue weighted by Gasteiger charge is -2.31. The molecule has 106 valence electrons. The maximum Gasteiger partial charge on any atom is 0.224 e. The summed E-state index contributed by atoms with van der Waals surface area (Å²) >= 11 is 0. The number of likely N-dealkylation sites (N-methyl/N-ethyl adjacent to an activating group) is 1. The fourth-order valence-electron chi connectivity index (χ4n) is 2.39. The number of hydrogen-bond donors (Lipinski definition) is 1. The number of carbonyl (C=O) groups is 1. The van der Waals surface area contributed by atoms with Crippen molar-refractivity contribution >= 4 is 5.91 Å². The lowest BCUT2D eigenvalue weighted by molar-refractivity contribution is -0.131. The molecule has 1 aromatic heterocycles. The van der Waals surface area contributed by atoms with Crippen LogP contribution in [0.15, 0.2) is 16.5 Å². The smallest absolute Gasteiger partial charge is 0.224 e. The van der Waals surface area contributed by atoms with Gasteiger partial charge in [-0.1, -0.05) is 0 Å². The second-order valence-electron chi connectivity index (χ2n) is 5.38. The van der Waals surface area contributed by atoms with E-state index in [4.69, 9.17) is 4.42 Å². The molecule has 5 nitrogen and oxygen atoms in total. The standard InChI is InChI=1S/C14H23N3O2/c1-11-4-5-13(19-11)10-17(3)14(18)8-12-9-16(2)7-6-15-12/h4-5,12,15H,6-10H2,1-3H3. The van der Waals surface area contributed by atoms with Crippen molar-refractivity contribution in [3.8, 4) is 0 Å². The van der Waals surface area contributed by atoms with Crippen LogP contribution >= 0.6 is 0 Å². The van der Waals surface area contributed by atoms with Crippen LogP contribution in [0.3, 0.4) is 0 Å². The van der Waals surface area contributed by atoms with Gasteiger partial charge in [-0.25, -0.2) is 0 Å². The van der Waals surface area contributed by atoms with Crippen LogP contribution in [0.4, 0.5) is 0 Å². The van der Waals surface area contributed by atoms with Gasteiger partial charge in [-0.15, -0.1) is 0 Å². The van der Waals surface area contributed by atoms with Crippen molar-refractivity contribution < 1.29 is 9.21 Å². The Morgan fingerprint density at radius 1 is 1.58 bits per heavy atom. The minimum absolute atomic E-state index is 0.154. The summed E-state index contributed by atoms with van der Waals surface area (Å²) in [5.41, 5.74) is 0. The highest BCUT2D eigenvalue weighted by molar-refractivity contribution is 5.76. The molecule has 2 heterocycles. The first kappa shape index (κ1) is 14.1. The molecule has 5 heteroatoms. The van der Waals surface area contributed by atoms with Gasteiger partial charge in [0.05, 0.1) is 6.54 Å². The number of rotatable bonds is 4. The van der Waals surface area contributed by atoms with Gasteiger partial charge >= 0.3 is 0 Å². The Labute approximate surface area is 114 Å². The average molecular weight is 265 g/mol. The molecule has 0 aromatic carbocycles. The number of aryl methyl sites for hydroxylation is 1. The van der Waals surface area contributed by atoms with E-state index in [9.17, 15) is 4.79 Å². The molecule has 1 aliphatic heterocycles. The molecule has 1 aliphatic rings. The van der Waals surface area contributed by atoms with Gasteiger partial charge in [0.25, 0.3) is 0 Å². The van der Waals surface area contributed by atoms with E-state index >= 15 is 0 Å². The maximum atomic E-state index is 12.2. The predicted octanol–water partition coefficient (Wildman–Crippen LogP) is 0.840. The lowest BCUT2D eigenvalue weighted by atomic mass is 10.1. The van der Waals surface area contributed by atoms with E-state index in [1.807, 2.05) is 26.1 Å². The first-order valence-electron chi connectivity index (χ1n) is 6.76. The lowest BCUT2D eigenvalue weighted by Crippen LogP contribution is -2.50. The molecule has 0 saturated carbocycles. The van der Waals surface area contributed by atoms with E-state index < -0.39 is 0 Å². The SMILES string of the molecule is Cc1ccc(CN(C)C(=O)CC2CN(C)CCN2)o1. The van der Waals surface area contributed by atoms with Gasteiger partial charge in [0, 0.05) is 39.1 Å². The third-order valence-corrected chi connectivity index (χ3v) is 3.49. The van der Waals surface area contributed by atoms with E-state index in [0.29, 0.717) is 13.0 Å². The summed E-state index contributed by atoms with van der Waals surface area (Å²) in [7, 11) is 3.92. The highest BCUT2D eigenvalue weighted by Gasteiger charge is 2.21. The molecule has 1 aromatic rings. The number of carbonyl (C=O) groups excluding carboxylic acids is 1. The molecule has 0 bridgehead atoms. The van der Waals surface area contributed by atoms with E-state index in [-0.39, 0.29) is 11.9 Å². The van der Waals surface area contributed by atoms with Gasteiger partial charge in [-0.3, -0.25) is 4.79 Å². The zero-order valence-corrected chi connectivity index (χ0v) is 12.0. The number of hydrogen-bond acceptors (Lipinski definition) is 4. The second kappa shape index (κ2) is 6.21. The Balaban J connectivity index is 1.81. The maximum absolute atomic E-state index is 12.2. The van der Waals surface area contributed by atoms with Crippen molar-refractivity contribution in [1.82, 2.24) is 15.1 Å². The summed E-state index contributed by atoms with van der Waals surface area (Å²) < 4.78 is 5.49. The summed E-state index contributed by atoms with van der Waals surface area (Å²) in [4.78, 5) is 16.1. The van der Waals surface area contributed by atoms with Crippen LogP contribution in [0.2, 0.25) is 0 Å². The number of furan rings is 1. The van der Waals surface area contributed by atoms with Gasteiger partial charge in [-0.05, 0) is 26.1 Å². The average Bonchev–Trinajstić information content (AvgIpc) is 2.74. The van der Waals surface area contributed by atoms with Crippen molar-refractivity contribution in [2.24, 2.45) is 0 Å².